The van der Waals surface area contributed by atoms with Crippen LogP contribution in [0.5, 0.6) is 0 Å². The molecule has 0 aromatic heterocycles. The number of carboxylic acid groups (broad SMARTS) is 1. The summed E-state index contributed by atoms with van der Waals surface area (Å²) in [6.07, 6.45) is 6.71. The quantitative estimate of drug-likeness (QED) is 0.645. The zero-order valence-corrected chi connectivity index (χ0v) is 16.1. The molecule has 4 aliphatic carbocycles. The Morgan fingerprint density at radius 1 is 1.00 bits per heavy atom. The van der Waals surface area contributed by atoms with Crippen molar-refractivity contribution in [1.82, 2.24) is 10.6 Å². The minimum absolute atomic E-state index is 0.0386. The molecule has 4 fully saturated rings. The summed E-state index contributed by atoms with van der Waals surface area (Å²) < 4.78 is 0. The van der Waals surface area contributed by atoms with Crippen LogP contribution in [-0.2, 0) is 14.4 Å². The van der Waals surface area contributed by atoms with Gasteiger partial charge >= 0.3 is 5.97 Å². The Balaban J connectivity index is 1.63. The molecule has 0 heterocycles. The highest BCUT2D eigenvalue weighted by Gasteiger charge is 2.55. The number of carbonyl (C=O) groups is 3. The van der Waals surface area contributed by atoms with Crippen molar-refractivity contribution < 1.29 is 19.5 Å². The Morgan fingerprint density at radius 3 is 1.92 bits per heavy atom. The van der Waals surface area contributed by atoms with Gasteiger partial charge in [0.2, 0.25) is 11.8 Å². The zero-order valence-electron chi connectivity index (χ0n) is 16.1. The van der Waals surface area contributed by atoms with Crippen LogP contribution in [0.1, 0.15) is 59.3 Å². The first-order chi connectivity index (χ1) is 12.2. The molecule has 26 heavy (non-hydrogen) atoms. The third-order valence-corrected chi connectivity index (χ3v) is 6.76. The maximum atomic E-state index is 13.2. The van der Waals surface area contributed by atoms with Crippen LogP contribution in [0.3, 0.4) is 0 Å². The maximum Gasteiger partial charge on any atom is 0.308 e. The Labute approximate surface area is 155 Å². The summed E-state index contributed by atoms with van der Waals surface area (Å²) in [5.74, 6) is 0.143. The molecule has 0 radical (unpaired) electrons. The molecule has 2 amide bonds. The molecule has 4 bridgehead atoms. The predicted octanol–water partition coefficient (Wildman–Crippen LogP) is 2.18. The predicted molar refractivity (Wildman–Crippen MR) is 97.2 cm³/mol. The molecule has 2 unspecified atom stereocenters. The first-order valence-corrected chi connectivity index (χ1v) is 10.0. The summed E-state index contributed by atoms with van der Waals surface area (Å²) in [5.41, 5.74) is -0.281. The van der Waals surface area contributed by atoms with Crippen LogP contribution in [-0.4, -0.2) is 35.5 Å². The van der Waals surface area contributed by atoms with Crippen molar-refractivity contribution in [3.8, 4) is 0 Å². The van der Waals surface area contributed by atoms with Crippen LogP contribution in [0.25, 0.3) is 0 Å². The molecule has 0 spiro atoms. The molecule has 146 valence electrons. The normalized spacial score (nSPS) is 34.4. The molecule has 4 saturated carbocycles. The van der Waals surface area contributed by atoms with Crippen LogP contribution in [0.2, 0.25) is 0 Å². The third kappa shape index (κ3) is 3.74. The van der Waals surface area contributed by atoms with Crippen LogP contribution in [0.15, 0.2) is 0 Å². The molecule has 3 N–H and O–H groups in total. The number of rotatable bonds is 7. The van der Waals surface area contributed by atoms with Gasteiger partial charge in [-0.1, -0.05) is 20.8 Å². The van der Waals surface area contributed by atoms with Crippen molar-refractivity contribution in [2.75, 3.05) is 6.54 Å². The van der Waals surface area contributed by atoms with E-state index in [1.165, 1.54) is 19.3 Å². The fourth-order valence-electron chi connectivity index (χ4n) is 5.67. The number of amides is 2. The van der Waals surface area contributed by atoms with E-state index in [0.29, 0.717) is 17.8 Å². The summed E-state index contributed by atoms with van der Waals surface area (Å²) in [6, 6.07) is -0.614. The Bertz CT molecular complexity index is 551. The SMILES string of the molecule is CC(CNC(=O)C(NC(=O)C12CC3CC(CC(C3)C1)C2)C(C)C)C(=O)O. The summed E-state index contributed by atoms with van der Waals surface area (Å²) in [7, 11) is 0. The van der Waals surface area contributed by atoms with E-state index in [2.05, 4.69) is 10.6 Å². The Morgan fingerprint density at radius 2 is 1.50 bits per heavy atom. The lowest BCUT2D eigenvalue weighted by Gasteiger charge is -2.55. The van der Waals surface area contributed by atoms with Crippen LogP contribution < -0.4 is 10.6 Å². The van der Waals surface area contributed by atoms with E-state index >= 15 is 0 Å². The Hall–Kier alpha value is -1.59. The summed E-state index contributed by atoms with van der Waals surface area (Å²) >= 11 is 0. The first kappa shape index (κ1) is 19.2. The minimum Gasteiger partial charge on any atom is -0.481 e. The Kier molecular flexibility index (Phi) is 5.31. The van der Waals surface area contributed by atoms with E-state index in [4.69, 9.17) is 5.11 Å². The molecular formula is C20H32N2O4. The van der Waals surface area contributed by atoms with Crippen molar-refractivity contribution >= 4 is 17.8 Å². The monoisotopic (exact) mass is 364 g/mol. The molecular weight excluding hydrogens is 332 g/mol. The smallest absolute Gasteiger partial charge is 0.308 e. The van der Waals surface area contributed by atoms with Crippen molar-refractivity contribution in [1.29, 1.82) is 0 Å². The van der Waals surface area contributed by atoms with Crippen LogP contribution in [0.4, 0.5) is 0 Å². The molecule has 0 saturated heterocycles. The second kappa shape index (κ2) is 7.20. The van der Waals surface area contributed by atoms with Gasteiger partial charge in [-0.15, -0.1) is 0 Å². The van der Waals surface area contributed by atoms with E-state index in [9.17, 15) is 14.4 Å². The van der Waals surface area contributed by atoms with E-state index in [1.807, 2.05) is 13.8 Å². The topological polar surface area (TPSA) is 95.5 Å². The molecule has 2 atom stereocenters. The van der Waals surface area contributed by atoms with Gasteiger partial charge < -0.3 is 15.7 Å². The molecule has 4 aliphatic rings. The van der Waals surface area contributed by atoms with Gasteiger partial charge in [0, 0.05) is 12.0 Å². The standard InChI is InChI=1S/C20H32N2O4/c1-11(2)16(17(23)21-10-12(3)18(24)25)22-19(26)20-7-13-4-14(8-20)6-15(5-13)9-20/h11-16H,4-10H2,1-3H3,(H,21,23)(H,22,26)(H,24,25). The highest BCUT2D eigenvalue weighted by atomic mass is 16.4. The lowest BCUT2D eigenvalue weighted by molar-refractivity contribution is -0.149. The molecule has 4 rings (SSSR count). The molecule has 6 heteroatoms. The third-order valence-electron chi connectivity index (χ3n) is 6.76. The van der Waals surface area contributed by atoms with E-state index in [-0.39, 0.29) is 29.7 Å². The fourth-order valence-corrected chi connectivity index (χ4v) is 5.67. The van der Waals surface area contributed by atoms with E-state index < -0.39 is 17.9 Å². The second-order valence-electron chi connectivity index (χ2n) is 9.38. The highest BCUT2D eigenvalue weighted by Crippen LogP contribution is 2.60. The number of hydrogen-bond acceptors (Lipinski definition) is 3. The van der Waals surface area contributed by atoms with Gasteiger partial charge in [0.1, 0.15) is 6.04 Å². The lowest BCUT2D eigenvalue weighted by atomic mass is 9.49. The summed E-state index contributed by atoms with van der Waals surface area (Å²) in [4.78, 5) is 36.7. The van der Waals surface area contributed by atoms with Gasteiger partial charge in [-0.05, 0) is 62.2 Å². The maximum absolute atomic E-state index is 13.2. The van der Waals surface area contributed by atoms with Crippen molar-refractivity contribution in [3.05, 3.63) is 0 Å². The molecule has 0 aromatic rings. The van der Waals surface area contributed by atoms with Gasteiger partial charge in [-0.3, -0.25) is 14.4 Å². The highest BCUT2D eigenvalue weighted by molar-refractivity contribution is 5.90. The van der Waals surface area contributed by atoms with E-state index in [1.54, 1.807) is 6.92 Å². The summed E-state index contributed by atoms with van der Waals surface area (Å²) in [6.45, 7) is 5.45. The number of hydrogen-bond donors (Lipinski definition) is 3. The van der Waals surface area contributed by atoms with Crippen molar-refractivity contribution in [2.45, 2.75) is 65.3 Å². The van der Waals surface area contributed by atoms with Gasteiger partial charge in [-0.25, -0.2) is 0 Å². The number of carboxylic acids is 1. The average Bonchev–Trinajstić information content (AvgIpc) is 2.55. The lowest BCUT2D eigenvalue weighted by Crippen LogP contribution is -2.58. The van der Waals surface area contributed by atoms with Gasteiger partial charge in [-0.2, -0.15) is 0 Å². The zero-order chi connectivity index (χ0) is 19.1. The fraction of sp³-hybridized carbons (Fsp3) is 0.850. The molecule has 6 nitrogen and oxygen atoms in total. The second-order valence-corrected chi connectivity index (χ2v) is 9.38. The van der Waals surface area contributed by atoms with Gasteiger partial charge in [0.05, 0.1) is 5.92 Å². The van der Waals surface area contributed by atoms with Crippen LogP contribution in [0, 0.1) is 35.0 Å². The minimum atomic E-state index is -0.941. The summed E-state index contributed by atoms with van der Waals surface area (Å²) in [5, 5.41) is 14.7. The largest absolute Gasteiger partial charge is 0.481 e. The van der Waals surface area contributed by atoms with E-state index in [0.717, 1.165) is 19.3 Å². The van der Waals surface area contributed by atoms with Gasteiger partial charge in [0.25, 0.3) is 0 Å². The van der Waals surface area contributed by atoms with Crippen LogP contribution >= 0.6 is 0 Å². The van der Waals surface area contributed by atoms with Crippen molar-refractivity contribution in [2.24, 2.45) is 35.0 Å². The average molecular weight is 364 g/mol. The number of carbonyl (C=O) groups excluding carboxylic acids is 2. The molecule has 0 aliphatic heterocycles. The van der Waals surface area contributed by atoms with Gasteiger partial charge in [0.15, 0.2) is 0 Å². The first-order valence-electron chi connectivity index (χ1n) is 10.0. The molecule has 0 aromatic carbocycles. The number of nitrogens with one attached hydrogen (secondary N) is 2. The number of aliphatic carboxylic acids is 1. The van der Waals surface area contributed by atoms with Crippen molar-refractivity contribution in [3.63, 3.8) is 0 Å².